The van der Waals surface area contributed by atoms with Crippen LogP contribution < -0.4 is 0 Å². The summed E-state index contributed by atoms with van der Waals surface area (Å²) < 4.78 is 7.53. The van der Waals surface area contributed by atoms with Crippen LogP contribution >= 0.6 is 23.8 Å². The van der Waals surface area contributed by atoms with Gasteiger partial charge in [-0.3, -0.25) is 9.67 Å². The second-order valence-electron chi connectivity index (χ2n) is 3.93. The molecular weight excluding hydrogens is 270 g/mol. The minimum Gasteiger partial charge on any atom is -0.383 e. The van der Waals surface area contributed by atoms with Crippen molar-refractivity contribution in [2.24, 2.45) is 0 Å². The van der Waals surface area contributed by atoms with Crippen LogP contribution in [0.5, 0.6) is 0 Å². The molecule has 0 aliphatic rings. The van der Waals surface area contributed by atoms with Crippen molar-refractivity contribution in [2.45, 2.75) is 13.5 Å². The third-order valence-electron chi connectivity index (χ3n) is 2.71. The van der Waals surface area contributed by atoms with Crippen LogP contribution in [0.1, 0.15) is 5.56 Å². The fraction of sp³-hybridized carbons (Fsp3) is 0.333. The molecule has 0 aliphatic heterocycles. The molecule has 0 saturated carbocycles. The van der Waals surface area contributed by atoms with E-state index in [0.29, 0.717) is 22.9 Å². The Kier molecular flexibility index (Phi) is 4.16. The smallest absolute Gasteiger partial charge is 0.195 e. The van der Waals surface area contributed by atoms with Crippen molar-refractivity contribution in [3.05, 3.63) is 33.6 Å². The van der Waals surface area contributed by atoms with E-state index in [-0.39, 0.29) is 0 Å². The largest absolute Gasteiger partial charge is 0.383 e. The van der Waals surface area contributed by atoms with Crippen LogP contribution in [0.25, 0.3) is 11.4 Å². The third kappa shape index (κ3) is 2.48. The first kappa shape index (κ1) is 13.3. The molecule has 0 unspecified atom stereocenters. The Balaban J connectivity index is 2.51. The molecule has 4 nitrogen and oxygen atoms in total. The van der Waals surface area contributed by atoms with E-state index in [1.54, 1.807) is 7.11 Å². The maximum atomic E-state index is 6.31. The second-order valence-corrected chi connectivity index (χ2v) is 4.70. The van der Waals surface area contributed by atoms with Gasteiger partial charge in [0.15, 0.2) is 10.6 Å². The Morgan fingerprint density at radius 1 is 1.50 bits per heavy atom. The lowest BCUT2D eigenvalue weighted by Crippen LogP contribution is -2.06. The molecule has 0 amide bonds. The number of nitrogens with zero attached hydrogens (tertiary/aromatic N) is 2. The summed E-state index contributed by atoms with van der Waals surface area (Å²) in [6.45, 7) is 3.18. The summed E-state index contributed by atoms with van der Waals surface area (Å²) >= 11 is 11.5. The van der Waals surface area contributed by atoms with Gasteiger partial charge in [0.05, 0.1) is 18.2 Å². The molecule has 2 aromatic rings. The van der Waals surface area contributed by atoms with Crippen LogP contribution in [-0.4, -0.2) is 28.5 Å². The Morgan fingerprint density at radius 2 is 2.28 bits per heavy atom. The number of ether oxygens (including phenoxy) is 1. The van der Waals surface area contributed by atoms with Crippen molar-refractivity contribution in [1.29, 1.82) is 0 Å². The standard InChI is InChI=1S/C12H14ClN3OS/c1-8-4-3-5-9(10(8)13)11-14-15-12(18)16(11)6-7-17-2/h3-5H,6-7H2,1-2H3,(H,15,18). The molecule has 1 aromatic carbocycles. The predicted octanol–water partition coefficient (Wildman–Crippen LogP) is 3.22. The zero-order valence-electron chi connectivity index (χ0n) is 10.2. The van der Waals surface area contributed by atoms with Crippen LogP contribution in [0, 0.1) is 11.7 Å². The Morgan fingerprint density at radius 3 is 3.00 bits per heavy atom. The summed E-state index contributed by atoms with van der Waals surface area (Å²) in [4.78, 5) is 0. The molecule has 2 rings (SSSR count). The van der Waals surface area contributed by atoms with Crippen LogP contribution in [0.4, 0.5) is 0 Å². The van der Waals surface area contributed by atoms with Crippen molar-refractivity contribution < 1.29 is 4.74 Å². The van der Waals surface area contributed by atoms with Gasteiger partial charge in [-0.05, 0) is 30.8 Å². The van der Waals surface area contributed by atoms with Gasteiger partial charge in [0.25, 0.3) is 0 Å². The van der Waals surface area contributed by atoms with E-state index < -0.39 is 0 Å². The van der Waals surface area contributed by atoms with Gasteiger partial charge >= 0.3 is 0 Å². The fourth-order valence-electron chi connectivity index (χ4n) is 1.73. The molecule has 6 heteroatoms. The lowest BCUT2D eigenvalue weighted by atomic mass is 10.1. The molecular formula is C12H14ClN3OS. The number of halogens is 1. The van der Waals surface area contributed by atoms with Gasteiger partial charge in [0.2, 0.25) is 0 Å². The highest BCUT2D eigenvalue weighted by molar-refractivity contribution is 7.71. The van der Waals surface area contributed by atoms with E-state index in [2.05, 4.69) is 10.2 Å². The number of aromatic nitrogens is 3. The Hall–Kier alpha value is -1.17. The Labute approximate surface area is 116 Å². The molecule has 96 valence electrons. The van der Waals surface area contributed by atoms with Crippen LogP contribution in [0.15, 0.2) is 18.2 Å². The van der Waals surface area contributed by atoms with Gasteiger partial charge in [-0.2, -0.15) is 5.10 Å². The van der Waals surface area contributed by atoms with Crippen LogP contribution in [0.2, 0.25) is 5.02 Å². The monoisotopic (exact) mass is 283 g/mol. The summed E-state index contributed by atoms with van der Waals surface area (Å²) in [5, 5.41) is 7.74. The number of hydrogen-bond acceptors (Lipinski definition) is 3. The first-order valence-electron chi connectivity index (χ1n) is 5.54. The normalized spacial score (nSPS) is 10.8. The number of aryl methyl sites for hydroxylation is 1. The van der Waals surface area contributed by atoms with Gasteiger partial charge in [0, 0.05) is 12.7 Å². The Bertz CT molecular complexity index is 606. The van der Waals surface area contributed by atoms with Crippen molar-refractivity contribution in [3.8, 4) is 11.4 Å². The minimum atomic E-state index is 0.569. The average molecular weight is 284 g/mol. The number of H-pyrrole nitrogens is 1. The van der Waals surface area contributed by atoms with Gasteiger partial charge in [-0.15, -0.1) is 0 Å². The molecule has 0 radical (unpaired) electrons. The minimum absolute atomic E-state index is 0.569. The first-order valence-corrected chi connectivity index (χ1v) is 6.33. The van der Waals surface area contributed by atoms with Crippen molar-refractivity contribution >= 4 is 23.8 Å². The van der Waals surface area contributed by atoms with E-state index in [4.69, 9.17) is 28.6 Å². The highest BCUT2D eigenvalue weighted by Gasteiger charge is 2.12. The van der Waals surface area contributed by atoms with Gasteiger partial charge in [0.1, 0.15) is 0 Å². The van der Waals surface area contributed by atoms with Crippen molar-refractivity contribution in [3.63, 3.8) is 0 Å². The van der Waals surface area contributed by atoms with Gasteiger partial charge in [-0.1, -0.05) is 23.7 Å². The summed E-state index contributed by atoms with van der Waals surface area (Å²) in [7, 11) is 1.66. The summed E-state index contributed by atoms with van der Waals surface area (Å²) in [6.07, 6.45) is 0. The van der Waals surface area contributed by atoms with Gasteiger partial charge < -0.3 is 4.74 Å². The zero-order valence-corrected chi connectivity index (χ0v) is 11.8. The maximum absolute atomic E-state index is 6.31. The van der Waals surface area contributed by atoms with E-state index >= 15 is 0 Å². The van der Waals surface area contributed by atoms with Gasteiger partial charge in [-0.25, -0.2) is 0 Å². The molecule has 0 saturated heterocycles. The summed E-state index contributed by atoms with van der Waals surface area (Å²) in [5.74, 6) is 0.741. The second kappa shape index (κ2) is 5.65. The molecule has 0 atom stereocenters. The maximum Gasteiger partial charge on any atom is 0.195 e. The molecule has 0 bridgehead atoms. The number of rotatable bonds is 4. The number of nitrogens with one attached hydrogen (secondary N) is 1. The molecule has 0 aliphatic carbocycles. The fourth-order valence-corrected chi connectivity index (χ4v) is 2.17. The molecule has 1 N–H and O–H groups in total. The molecule has 1 aromatic heterocycles. The lowest BCUT2D eigenvalue weighted by molar-refractivity contribution is 0.187. The third-order valence-corrected chi connectivity index (χ3v) is 3.52. The van der Waals surface area contributed by atoms with E-state index in [1.165, 1.54) is 0 Å². The topological polar surface area (TPSA) is 42.8 Å². The van der Waals surface area contributed by atoms with Crippen LogP contribution in [0.3, 0.4) is 0 Å². The first-order chi connectivity index (χ1) is 8.65. The highest BCUT2D eigenvalue weighted by atomic mass is 35.5. The molecule has 18 heavy (non-hydrogen) atoms. The summed E-state index contributed by atoms with van der Waals surface area (Å²) in [6, 6.07) is 5.85. The highest BCUT2D eigenvalue weighted by Crippen LogP contribution is 2.29. The quantitative estimate of drug-likeness (QED) is 0.876. The van der Waals surface area contributed by atoms with Crippen molar-refractivity contribution in [2.75, 3.05) is 13.7 Å². The lowest BCUT2D eigenvalue weighted by Gasteiger charge is -2.08. The van der Waals surface area contributed by atoms with Crippen LogP contribution in [-0.2, 0) is 11.3 Å². The summed E-state index contributed by atoms with van der Waals surface area (Å²) in [5.41, 5.74) is 1.89. The van der Waals surface area contributed by atoms with E-state index in [9.17, 15) is 0 Å². The molecule has 1 heterocycles. The zero-order chi connectivity index (χ0) is 13.1. The average Bonchev–Trinajstić information content (AvgIpc) is 2.72. The van der Waals surface area contributed by atoms with E-state index in [1.807, 2.05) is 29.7 Å². The molecule has 0 spiro atoms. The predicted molar refractivity (Wildman–Crippen MR) is 74.5 cm³/mol. The number of aromatic amines is 1. The number of methoxy groups -OCH3 is 1. The molecule has 0 fully saturated rings. The number of hydrogen-bond donors (Lipinski definition) is 1. The number of benzene rings is 1. The SMILES string of the molecule is COCCn1c(-c2cccc(C)c2Cl)n[nH]c1=S. The van der Waals surface area contributed by atoms with Crippen molar-refractivity contribution in [1.82, 2.24) is 14.8 Å². The van der Waals surface area contributed by atoms with E-state index in [0.717, 1.165) is 17.0 Å².